The van der Waals surface area contributed by atoms with Gasteiger partial charge in [0.15, 0.2) is 0 Å². The Labute approximate surface area is 154 Å². The first-order valence-electron chi connectivity index (χ1n) is 9.09. The Morgan fingerprint density at radius 2 is 2.00 bits per heavy atom. The summed E-state index contributed by atoms with van der Waals surface area (Å²) in [6.45, 7) is 6.00. The molecule has 138 valence electrons. The highest BCUT2D eigenvalue weighted by molar-refractivity contribution is 5.67. The fourth-order valence-electron chi connectivity index (χ4n) is 3.22. The molecule has 0 N–H and O–H groups in total. The van der Waals surface area contributed by atoms with Gasteiger partial charge in [-0.1, -0.05) is 11.3 Å². The Kier molecular flexibility index (Phi) is 6.12. The monoisotopic (exact) mass is 354 g/mol. The van der Waals surface area contributed by atoms with Gasteiger partial charge in [-0.3, -0.25) is 9.78 Å². The Bertz CT molecular complexity index is 749. The van der Waals surface area contributed by atoms with E-state index in [-0.39, 0.29) is 0 Å². The van der Waals surface area contributed by atoms with Crippen LogP contribution in [0.4, 0.5) is 0 Å². The van der Waals surface area contributed by atoms with Gasteiger partial charge < -0.3 is 9.80 Å². The second kappa shape index (κ2) is 8.71. The van der Waals surface area contributed by atoms with Crippen LogP contribution in [0.15, 0.2) is 30.6 Å². The smallest absolute Gasteiger partial charge is 0.209 e. The van der Waals surface area contributed by atoms with E-state index in [0.717, 1.165) is 42.0 Å². The highest BCUT2D eigenvalue weighted by Gasteiger charge is 2.17. The van der Waals surface area contributed by atoms with Crippen LogP contribution >= 0.6 is 0 Å². The molecular weight excluding hydrogens is 328 g/mol. The van der Waals surface area contributed by atoms with Crippen LogP contribution in [0.25, 0.3) is 11.3 Å². The Balaban J connectivity index is 0.000000278. The molecule has 1 fully saturated rings. The number of pyridine rings is 1. The molecule has 4 rings (SSSR count). The molecule has 0 unspecified atom stereocenters. The molecule has 0 spiro atoms. The van der Waals surface area contributed by atoms with Crippen LogP contribution < -0.4 is 0 Å². The van der Waals surface area contributed by atoms with Crippen molar-refractivity contribution in [1.82, 2.24) is 29.8 Å². The van der Waals surface area contributed by atoms with E-state index in [1.165, 1.54) is 25.9 Å². The first-order valence-corrected chi connectivity index (χ1v) is 9.09. The summed E-state index contributed by atoms with van der Waals surface area (Å²) in [4.78, 5) is 18.9. The fraction of sp³-hybridized carbons (Fsp3) is 0.474. The van der Waals surface area contributed by atoms with Crippen molar-refractivity contribution in [2.45, 2.75) is 26.2 Å². The molecule has 2 aliphatic rings. The van der Waals surface area contributed by atoms with Crippen molar-refractivity contribution in [3.05, 3.63) is 42.0 Å². The summed E-state index contributed by atoms with van der Waals surface area (Å²) in [6, 6.07) is 3.82. The van der Waals surface area contributed by atoms with E-state index < -0.39 is 0 Å². The maximum atomic E-state index is 10.7. The van der Waals surface area contributed by atoms with Crippen molar-refractivity contribution in [2.24, 2.45) is 0 Å². The van der Waals surface area contributed by atoms with Crippen molar-refractivity contribution >= 4 is 12.0 Å². The molecular formula is C19H26N6O. The number of nitrogens with zero attached hydrogens (tertiary/aromatic N) is 6. The van der Waals surface area contributed by atoms with Gasteiger partial charge in [0.1, 0.15) is 5.69 Å². The highest BCUT2D eigenvalue weighted by atomic mass is 16.1. The molecule has 2 aromatic heterocycles. The maximum absolute atomic E-state index is 10.7. The van der Waals surface area contributed by atoms with Crippen molar-refractivity contribution in [3.8, 4) is 5.69 Å². The van der Waals surface area contributed by atoms with Gasteiger partial charge in [-0.25, -0.2) is 4.68 Å². The lowest BCUT2D eigenvalue weighted by Crippen LogP contribution is -2.26. The second-order valence-electron chi connectivity index (χ2n) is 6.74. The zero-order valence-electron chi connectivity index (χ0n) is 15.5. The molecule has 26 heavy (non-hydrogen) atoms. The van der Waals surface area contributed by atoms with Gasteiger partial charge in [0, 0.05) is 19.3 Å². The lowest BCUT2D eigenvalue weighted by atomic mass is 10.0. The third-order valence-electron chi connectivity index (χ3n) is 4.81. The van der Waals surface area contributed by atoms with Gasteiger partial charge in [-0.2, -0.15) is 0 Å². The first kappa shape index (κ1) is 18.3. The lowest BCUT2D eigenvalue weighted by molar-refractivity contribution is -0.117. The molecule has 0 atom stereocenters. The van der Waals surface area contributed by atoms with Gasteiger partial charge in [0.25, 0.3) is 0 Å². The summed E-state index contributed by atoms with van der Waals surface area (Å²) in [6.07, 6.45) is 10.1. The number of amides is 1. The summed E-state index contributed by atoms with van der Waals surface area (Å²) in [5.74, 6) is 0. The molecule has 0 radical (unpaired) electrons. The van der Waals surface area contributed by atoms with E-state index in [2.05, 4.69) is 27.2 Å². The van der Waals surface area contributed by atoms with Crippen molar-refractivity contribution in [1.29, 1.82) is 0 Å². The standard InChI is InChI=1S/C14H15N5O.C5H11N/c1-11-14(12-4-7-18(10-20)8-5-12)16-17-19(11)13-3-2-6-15-9-13;1-6-4-2-3-5-6/h2-4,6,9-10H,5,7-8H2,1H3;2-5H2,1H3. The average molecular weight is 354 g/mol. The Morgan fingerprint density at radius 3 is 2.54 bits per heavy atom. The second-order valence-corrected chi connectivity index (χ2v) is 6.74. The predicted molar refractivity (Wildman–Crippen MR) is 101 cm³/mol. The van der Waals surface area contributed by atoms with Gasteiger partial charge in [-0.05, 0) is 64.0 Å². The van der Waals surface area contributed by atoms with E-state index in [9.17, 15) is 4.79 Å². The van der Waals surface area contributed by atoms with Gasteiger partial charge in [-0.15, -0.1) is 5.10 Å². The van der Waals surface area contributed by atoms with Gasteiger partial charge in [0.2, 0.25) is 6.41 Å². The number of aromatic nitrogens is 4. The number of hydrogen-bond donors (Lipinski definition) is 0. The van der Waals surface area contributed by atoms with Crippen LogP contribution in [-0.2, 0) is 4.79 Å². The van der Waals surface area contributed by atoms with Gasteiger partial charge >= 0.3 is 0 Å². The highest BCUT2D eigenvalue weighted by Crippen LogP contribution is 2.23. The molecule has 2 aromatic rings. The molecule has 4 heterocycles. The summed E-state index contributed by atoms with van der Waals surface area (Å²) in [7, 11) is 2.17. The summed E-state index contributed by atoms with van der Waals surface area (Å²) < 4.78 is 1.79. The molecule has 1 saturated heterocycles. The molecule has 0 aromatic carbocycles. The minimum absolute atomic E-state index is 0.637. The van der Waals surface area contributed by atoms with E-state index in [0.29, 0.717) is 6.54 Å². The minimum Gasteiger partial charge on any atom is -0.341 e. The van der Waals surface area contributed by atoms with E-state index in [1.54, 1.807) is 22.0 Å². The fourth-order valence-corrected chi connectivity index (χ4v) is 3.22. The normalized spacial score (nSPS) is 17.5. The van der Waals surface area contributed by atoms with Crippen LogP contribution in [0.3, 0.4) is 0 Å². The van der Waals surface area contributed by atoms with Crippen LogP contribution in [-0.4, -0.2) is 69.4 Å². The minimum atomic E-state index is 0.637. The molecule has 7 nitrogen and oxygen atoms in total. The lowest BCUT2D eigenvalue weighted by Gasteiger charge is -2.21. The van der Waals surface area contributed by atoms with Gasteiger partial charge in [0.05, 0.1) is 17.6 Å². The van der Waals surface area contributed by atoms with Crippen molar-refractivity contribution in [3.63, 3.8) is 0 Å². The van der Waals surface area contributed by atoms with E-state index in [4.69, 9.17) is 0 Å². The Morgan fingerprint density at radius 1 is 1.19 bits per heavy atom. The molecule has 0 aliphatic carbocycles. The predicted octanol–water partition coefficient (Wildman–Crippen LogP) is 1.93. The molecule has 7 heteroatoms. The largest absolute Gasteiger partial charge is 0.341 e. The van der Waals surface area contributed by atoms with Crippen LogP contribution in [0, 0.1) is 6.92 Å². The zero-order valence-corrected chi connectivity index (χ0v) is 15.5. The van der Waals surface area contributed by atoms with E-state index in [1.807, 2.05) is 25.1 Å². The third-order valence-corrected chi connectivity index (χ3v) is 4.81. The average Bonchev–Trinajstić information content (AvgIpc) is 3.32. The van der Waals surface area contributed by atoms with Crippen molar-refractivity contribution in [2.75, 3.05) is 33.2 Å². The quantitative estimate of drug-likeness (QED) is 0.788. The summed E-state index contributed by atoms with van der Waals surface area (Å²) in [5, 5.41) is 8.48. The zero-order chi connectivity index (χ0) is 18.4. The van der Waals surface area contributed by atoms with E-state index >= 15 is 0 Å². The van der Waals surface area contributed by atoms with Crippen molar-refractivity contribution < 1.29 is 4.79 Å². The topological polar surface area (TPSA) is 67.2 Å². The molecule has 1 amide bonds. The summed E-state index contributed by atoms with van der Waals surface area (Å²) >= 11 is 0. The number of carbonyl (C=O) groups excluding carboxylic acids is 1. The molecule has 0 bridgehead atoms. The van der Waals surface area contributed by atoms with Crippen LogP contribution in [0.5, 0.6) is 0 Å². The number of likely N-dealkylation sites (tertiary alicyclic amines) is 1. The SMILES string of the molecule is CN1CCCC1.Cc1c(C2=CCN(C=O)CC2)nnn1-c1cccnc1. The number of hydrogen-bond acceptors (Lipinski definition) is 5. The maximum Gasteiger partial charge on any atom is 0.209 e. The van der Waals surface area contributed by atoms with Crippen LogP contribution in [0.1, 0.15) is 30.7 Å². The number of carbonyl (C=O) groups is 1. The van der Waals surface area contributed by atoms with Crippen LogP contribution in [0.2, 0.25) is 0 Å². The third kappa shape index (κ3) is 4.35. The number of rotatable bonds is 3. The molecule has 2 aliphatic heterocycles. The first-order chi connectivity index (χ1) is 12.7. The summed E-state index contributed by atoms with van der Waals surface area (Å²) in [5.41, 5.74) is 3.94. The Hall–Kier alpha value is -2.54. The molecule has 0 saturated carbocycles.